The summed E-state index contributed by atoms with van der Waals surface area (Å²) in [7, 11) is 0. The van der Waals surface area contributed by atoms with Crippen LogP contribution in [0.3, 0.4) is 0 Å². The molecule has 0 bridgehead atoms. The number of aliphatic hydroxyl groups is 1. The predicted octanol–water partition coefficient (Wildman–Crippen LogP) is 0.630. The summed E-state index contributed by atoms with van der Waals surface area (Å²) in [5.41, 5.74) is 6.76. The maximum atomic E-state index is 11.2. The van der Waals surface area contributed by atoms with Gasteiger partial charge in [-0.2, -0.15) is 0 Å². The molecule has 3 amide bonds. The monoisotopic (exact) mass is 264 g/mol. The highest BCUT2D eigenvalue weighted by molar-refractivity contribution is 5.94. The maximum absolute atomic E-state index is 11.2. The summed E-state index contributed by atoms with van der Waals surface area (Å²) in [6.07, 6.45) is 2.16. The maximum Gasteiger partial charge on any atom is 0.318 e. The zero-order chi connectivity index (χ0) is 13.8. The Balaban J connectivity index is 2.00. The number of aryl methyl sites for hydroxylation is 1. The average Bonchev–Trinajstić information content (AvgIpc) is 2.36. The summed E-state index contributed by atoms with van der Waals surface area (Å²) < 4.78 is 5.25. The van der Waals surface area contributed by atoms with Gasteiger partial charge in [0.15, 0.2) is 6.61 Å². The van der Waals surface area contributed by atoms with Crippen LogP contribution in [-0.4, -0.2) is 23.7 Å². The lowest BCUT2D eigenvalue weighted by Gasteiger charge is -2.21. The second kappa shape index (κ2) is 5.71. The number of fused-ring (bicyclic) bond motifs is 1. The minimum atomic E-state index is -0.908. The van der Waals surface area contributed by atoms with Crippen LogP contribution in [0.1, 0.15) is 30.1 Å². The largest absolute Gasteiger partial charge is 0.484 e. The molecule has 102 valence electrons. The molecule has 0 saturated carbocycles. The fourth-order valence-electron chi connectivity index (χ4n) is 2.16. The van der Waals surface area contributed by atoms with Crippen LogP contribution in [0.4, 0.5) is 4.79 Å². The number of amides is 3. The van der Waals surface area contributed by atoms with E-state index in [1.807, 2.05) is 11.4 Å². The first-order chi connectivity index (χ1) is 9.06. The highest BCUT2D eigenvalue weighted by atomic mass is 16.5. The number of ether oxygens (including phenoxy) is 1. The van der Waals surface area contributed by atoms with Crippen molar-refractivity contribution in [3.63, 3.8) is 0 Å². The van der Waals surface area contributed by atoms with Gasteiger partial charge >= 0.3 is 6.03 Å². The van der Waals surface area contributed by atoms with Crippen molar-refractivity contribution in [2.45, 2.75) is 25.4 Å². The Labute approximate surface area is 110 Å². The third kappa shape index (κ3) is 3.45. The van der Waals surface area contributed by atoms with Crippen LogP contribution in [0.25, 0.3) is 0 Å². The number of hydrogen-bond acceptors (Lipinski definition) is 4. The van der Waals surface area contributed by atoms with Crippen molar-refractivity contribution in [3.05, 3.63) is 29.3 Å². The Bertz CT molecular complexity index is 501. The number of carbonyl (C=O) groups excluding carboxylic acids is 2. The molecule has 0 heterocycles. The smallest absolute Gasteiger partial charge is 0.318 e. The lowest BCUT2D eigenvalue weighted by atomic mass is 9.89. The summed E-state index contributed by atoms with van der Waals surface area (Å²) in [5, 5.41) is 11.8. The Kier molecular flexibility index (Phi) is 4.01. The van der Waals surface area contributed by atoms with E-state index in [0.717, 1.165) is 30.4 Å². The number of aliphatic hydroxyl groups excluding tert-OH is 1. The Morgan fingerprint density at radius 1 is 1.47 bits per heavy atom. The van der Waals surface area contributed by atoms with Gasteiger partial charge in [0.1, 0.15) is 5.75 Å². The normalized spacial score (nSPS) is 17.4. The number of nitrogens with two attached hydrogens (primary N) is 1. The van der Waals surface area contributed by atoms with Gasteiger partial charge in [-0.15, -0.1) is 0 Å². The summed E-state index contributed by atoms with van der Waals surface area (Å²) in [6, 6.07) is 4.46. The molecule has 6 nitrogen and oxygen atoms in total. The minimum absolute atomic E-state index is 0.294. The number of rotatable bonds is 3. The van der Waals surface area contributed by atoms with Crippen LogP contribution in [0.5, 0.6) is 5.75 Å². The van der Waals surface area contributed by atoms with Crippen molar-refractivity contribution in [3.8, 4) is 5.75 Å². The van der Waals surface area contributed by atoms with Gasteiger partial charge in [0.2, 0.25) is 0 Å². The fraction of sp³-hybridized carbons (Fsp3) is 0.385. The molecule has 6 heteroatoms. The van der Waals surface area contributed by atoms with E-state index in [1.165, 1.54) is 0 Å². The number of carbonyl (C=O) groups is 2. The van der Waals surface area contributed by atoms with E-state index in [2.05, 4.69) is 0 Å². The van der Waals surface area contributed by atoms with Gasteiger partial charge < -0.3 is 15.6 Å². The van der Waals surface area contributed by atoms with Gasteiger partial charge in [-0.1, -0.05) is 6.07 Å². The molecule has 0 aromatic heterocycles. The van der Waals surface area contributed by atoms with Gasteiger partial charge in [-0.25, -0.2) is 4.79 Å². The molecule has 19 heavy (non-hydrogen) atoms. The number of nitrogens with one attached hydrogen (secondary N) is 1. The molecule has 0 fully saturated rings. The lowest BCUT2D eigenvalue weighted by Crippen LogP contribution is -2.38. The molecule has 0 spiro atoms. The molecule has 0 radical (unpaired) electrons. The number of hydrogen-bond donors (Lipinski definition) is 3. The van der Waals surface area contributed by atoms with Crippen molar-refractivity contribution in [1.29, 1.82) is 0 Å². The van der Waals surface area contributed by atoms with Gasteiger partial charge in [-0.05, 0) is 42.5 Å². The van der Waals surface area contributed by atoms with Crippen molar-refractivity contribution < 1.29 is 19.4 Å². The van der Waals surface area contributed by atoms with E-state index in [4.69, 9.17) is 10.5 Å². The summed E-state index contributed by atoms with van der Waals surface area (Å²) in [6.45, 7) is -0.294. The fourth-order valence-corrected chi connectivity index (χ4v) is 2.16. The summed E-state index contributed by atoms with van der Waals surface area (Å²) in [4.78, 5) is 21.7. The number of urea groups is 1. The van der Waals surface area contributed by atoms with Crippen LogP contribution in [0, 0.1) is 0 Å². The molecule has 4 N–H and O–H groups in total. The van der Waals surface area contributed by atoms with Crippen LogP contribution in [0.15, 0.2) is 18.2 Å². The Morgan fingerprint density at radius 2 is 2.26 bits per heavy atom. The van der Waals surface area contributed by atoms with Gasteiger partial charge in [-0.3, -0.25) is 10.1 Å². The van der Waals surface area contributed by atoms with Gasteiger partial charge in [0, 0.05) is 0 Å². The molecule has 0 unspecified atom stereocenters. The van der Waals surface area contributed by atoms with Crippen molar-refractivity contribution >= 4 is 11.9 Å². The van der Waals surface area contributed by atoms with E-state index in [9.17, 15) is 14.7 Å². The molecule has 1 atom stereocenters. The average molecular weight is 264 g/mol. The van der Waals surface area contributed by atoms with Crippen molar-refractivity contribution in [2.75, 3.05) is 6.61 Å². The zero-order valence-corrected chi connectivity index (χ0v) is 10.4. The molecule has 2 rings (SSSR count). The first-order valence-electron chi connectivity index (χ1n) is 6.09. The molecular formula is C13H16N2O4. The first-order valence-corrected chi connectivity index (χ1v) is 6.09. The van der Waals surface area contributed by atoms with Crippen LogP contribution >= 0.6 is 0 Å². The zero-order valence-electron chi connectivity index (χ0n) is 10.4. The van der Waals surface area contributed by atoms with Crippen molar-refractivity contribution in [2.24, 2.45) is 5.73 Å². The second-order valence-corrected chi connectivity index (χ2v) is 4.47. The van der Waals surface area contributed by atoms with Gasteiger partial charge in [0.25, 0.3) is 5.91 Å². The van der Waals surface area contributed by atoms with E-state index >= 15 is 0 Å². The van der Waals surface area contributed by atoms with E-state index in [0.29, 0.717) is 5.75 Å². The van der Waals surface area contributed by atoms with Gasteiger partial charge in [0.05, 0.1) is 6.10 Å². The van der Waals surface area contributed by atoms with Crippen LogP contribution in [-0.2, 0) is 11.2 Å². The van der Waals surface area contributed by atoms with Crippen LogP contribution in [0.2, 0.25) is 0 Å². The van der Waals surface area contributed by atoms with Crippen molar-refractivity contribution in [1.82, 2.24) is 5.32 Å². The first kappa shape index (κ1) is 13.4. The molecular weight excluding hydrogens is 248 g/mol. The minimum Gasteiger partial charge on any atom is -0.484 e. The molecule has 1 aromatic rings. The highest BCUT2D eigenvalue weighted by Crippen LogP contribution is 2.32. The Hall–Kier alpha value is -2.08. The summed E-state index contributed by atoms with van der Waals surface area (Å²) >= 11 is 0. The Morgan fingerprint density at radius 3 is 3.00 bits per heavy atom. The van der Waals surface area contributed by atoms with E-state index < -0.39 is 18.0 Å². The number of imide groups is 1. The molecule has 1 aromatic carbocycles. The molecule has 1 aliphatic rings. The topological polar surface area (TPSA) is 102 Å². The molecule has 1 aliphatic carbocycles. The molecule has 0 aliphatic heterocycles. The number of primary amides is 1. The third-order valence-corrected chi connectivity index (χ3v) is 3.03. The third-order valence-electron chi connectivity index (χ3n) is 3.03. The highest BCUT2D eigenvalue weighted by Gasteiger charge is 2.18. The quantitative estimate of drug-likeness (QED) is 0.745. The van der Waals surface area contributed by atoms with E-state index in [1.54, 1.807) is 12.1 Å². The second-order valence-electron chi connectivity index (χ2n) is 4.47. The lowest BCUT2D eigenvalue weighted by molar-refractivity contribution is -0.121. The number of benzene rings is 1. The summed E-state index contributed by atoms with van der Waals surface area (Å²) in [5.74, 6) is -0.120. The van der Waals surface area contributed by atoms with E-state index in [-0.39, 0.29) is 6.61 Å². The van der Waals surface area contributed by atoms with Crippen LogP contribution < -0.4 is 15.8 Å². The SMILES string of the molecule is NC(=O)NC(=O)COc1ccc2c(c1)[C@H](O)CCC2. The standard InChI is InChI=1S/C13H16N2O4/c14-13(18)15-12(17)7-19-9-5-4-8-2-1-3-11(16)10(8)6-9/h4-6,11,16H,1-3,7H2,(H3,14,15,17,18)/t11-/m1/s1. The predicted molar refractivity (Wildman–Crippen MR) is 67.6 cm³/mol. The molecule has 0 saturated heterocycles.